The Morgan fingerprint density at radius 3 is 2.16 bits per heavy atom. The molecule has 0 amide bonds. The maximum atomic E-state index is 13.2. The maximum Gasteiger partial charge on any atom is 0.182 e. The summed E-state index contributed by atoms with van der Waals surface area (Å²) in [6.45, 7) is 3.90. The van der Waals surface area contributed by atoms with Crippen molar-refractivity contribution in [3.8, 4) is 0 Å². The molecule has 3 N–H and O–H groups in total. The minimum absolute atomic E-state index is 0.138. The van der Waals surface area contributed by atoms with Crippen molar-refractivity contribution in [3.05, 3.63) is 65.2 Å². The van der Waals surface area contributed by atoms with E-state index in [2.05, 4.69) is 6.92 Å². The number of benzene rings is 2. The lowest BCUT2D eigenvalue weighted by molar-refractivity contribution is 0.212. The van der Waals surface area contributed by atoms with Crippen molar-refractivity contribution in [3.63, 3.8) is 0 Å². The first-order valence-corrected chi connectivity index (χ1v) is 10.2. The molecule has 0 heterocycles. The summed E-state index contributed by atoms with van der Waals surface area (Å²) in [5.41, 5.74) is 8.25. The number of sulfone groups is 1. The zero-order valence-corrected chi connectivity index (χ0v) is 15.5. The van der Waals surface area contributed by atoms with Crippen molar-refractivity contribution < 1.29 is 13.5 Å². The van der Waals surface area contributed by atoms with Crippen LogP contribution in [0.2, 0.25) is 0 Å². The summed E-state index contributed by atoms with van der Waals surface area (Å²) in [7, 11) is -3.57. The van der Waals surface area contributed by atoms with Gasteiger partial charge in [0.1, 0.15) is 0 Å². The largest absolute Gasteiger partial charge is 0.396 e. The smallest absolute Gasteiger partial charge is 0.182 e. The summed E-state index contributed by atoms with van der Waals surface area (Å²) in [5, 5.41) is 9.28. The van der Waals surface area contributed by atoms with Crippen molar-refractivity contribution in [1.29, 1.82) is 0 Å². The van der Waals surface area contributed by atoms with E-state index < -0.39 is 20.5 Å². The van der Waals surface area contributed by atoms with Crippen LogP contribution in [0.15, 0.2) is 53.4 Å². The van der Waals surface area contributed by atoms with Crippen LogP contribution in [0.5, 0.6) is 0 Å². The quantitative estimate of drug-likeness (QED) is 0.830. The number of hydrogen-bond donors (Lipinski definition) is 2. The van der Waals surface area contributed by atoms with E-state index in [1.54, 1.807) is 24.3 Å². The lowest BCUT2D eigenvalue weighted by Gasteiger charge is -2.12. The van der Waals surface area contributed by atoms with Crippen molar-refractivity contribution in [2.24, 2.45) is 11.1 Å². The highest BCUT2D eigenvalue weighted by atomic mass is 32.2. The van der Waals surface area contributed by atoms with Gasteiger partial charge in [0.25, 0.3) is 0 Å². The Kier molecular flexibility index (Phi) is 4.75. The Morgan fingerprint density at radius 1 is 1.08 bits per heavy atom. The molecule has 1 aliphatic carbocycles. The van der Waals surface area contributed by atoms with Gasteiger partial charge in [0.2, 0.25) is 0 Å². The molecular formula is C20H25NO3S. The summed E-state index contributed by atoms with van der Waals surface area (Å²) in [6, 6.07) is 14.8. The number of nitrogens with two attached hydrogens (primary N) is 1. The zero-order valence-electron chi connectivity index (χ0n) is 14.6. The average molecular weight is 359 g/mol. The number of aliphatic hydroxyl groups excluding tert-OH is 1. The predicted molar refractivity (Wildman–Crippen MR) is 99.3 cm³/mol. The molecule has 0 unspecified atom stereocenters. The van der Waals surface area contributed by atoms with Crippen molar-refractivity contribution in [1.82, 2.24) is 0 Å². The molecule has 0 spiro atoms. The van der Waals surface area contributed by atoms with Crippen LogP contribution >= 0.6 is 0 Å². The molecule has 5 heteroatoms. The van der Waals surface area contributed by atoms with Crippen molar-refractivity contribution >= 4 is 9.84 Å². The van der Waals surface area contributed by atoms with Gasteiger partial charge in [-0.05, 0) is 36.6 Å². The van der Waals surface area contributed by atoms with Crippen molar-refractivity contribution in [2.75, 3.05) is 13.2 Å². The molecular weight excluding hydrogens is 334 g/mol. The highest BCUT2D eigenvalue weighted by Gasteiger charge is 2.70. The van der Waals surface area contributed by atoms with Crippen LogP contribution in [0, 0.1) is 12.3 Å². The first-order valence-electron chi connectivity index (χ1n) is 8.61. The predicted octanol–water partition coefficient (Wildman–Crippen LogP) is 2.43. The van der Waals surface area contributed by atoms with Crippen LogP contribution in [0.4, 0.5) is 0 Å². The monoisotopic (exact) mass is 359 g/mol. The van der Waals surface area contributed by atoms with Gasteiger partial charge in [0.05, 0.1) is 16.8 Å². The molecule has 2 aromatic rings. The fourth-order valence-electron chi connectivity index (χ4n) is 3.78. The third-order valence-electron chi connectivity index (χ3n) is 5.48. The van der Waals surface area contributed by atoms with Crippen LogP contribution in [-0.2, 0) is 16.3 Å². The molecule has 1 saturated carbocycles. The van der Waals surface area contributed by atoms with Crippen LogP contribution in [0.1, 0.15) is 29.5 Å². The van der Waals surface area contributed by atoms with Gasteiger partial charge in [-0.15, -0.1) is 0 Å². The molecule has 4 nitrogen and oxygen atoms in total. The van der Waals surface area contributed by atoms with E-state index in [9.17, 15) is 13.5 Å². The van der Waals surface area contributed by atoms with Gasteiger partial charge in [-0.3, -0.25) is 0 Å². The van der Waals surface area contributed by atoms with Crippen LogP contribution in [0.25, 0.3) is 0 Å². The van der Waals surface area contributed by atoms with E-state index in [0.29, 0.717) is 4.90 Å². The third-order valence-corrected chi connectivity index (χ3v) is 7.82. The highest BCUT2D eigenvalue weighted by molar-refractivity contribution is 7.92. The number of rotatable bonds is 6. The molecule has 25 heavy (non-hydrogen) atoms. The number of aryl methyl sites for hydroxylation is 2. The highest BCUT2D eigenvalue weighted by Crippen LogP contribution is 2.63. The van der Waals surface area contributed by atoms with Gasteiger partial charge >= 0.3 is 0 Å². The van der Waals surface area contributed by atoms with Gasteiger partial charge in [0.15, 0.2) is 9.84 Å². The molecule has 0 aromatic heterocycles. The van der Waals surface area contributed by atoms with Gasteiger partial charge in [0, 0.05) is 17.9 Å². The van der Waals surface area contributed by atoms with E-state index in [0.717, 1.165) is 17.5 Å². The van der Waals surface area contributed by atoms with Gasteiger partial charge in [-0.25, -0.2) is 8.42 Å². The van der Waals surface area contributed by atoms with Crippen molar-refractivity contribution in [2.45, 2.75) is 36.3 Å². The average Bonchev–Trinajstić information content (AvgIpc) is 3.33. The fourth-order valence-corrected chi connectivity index (χ4v) is 6.23. The minimum Gasteiger partial charge on any atom is -0.396 e. The van der Waals surface area contributed by atoms with E-state index in [-0.39, 0.29) is 19.1 Å². The normalized spacial score (nSPS) is 25.8. The summed E-state index contributed by atoms with van der Waals surface area (Å²) in [5.74, 6) is -0.278. The molecule has 134 valence electrons. The van der Waals surface area contributed by atoms with E-state index in [1.807, 2.05) is 31.2 Å². The van der Waals surface area contributed by atoms with Gasteiger partial charge in [-0.1, -0.05) is 48.9 Å². The second kappa shape index (κ2) is 6.56. The van der Waals surface area contributed by atoms with Gasteiger partial charge < -0.3 is 10.8 Å². The topological polar surface area (TPSA) is 80.4 Å². The van der Waals surface area contributed by atoms with Crippen LogP contribution < -0.4 is 5.73 Å². The number of hydrogen-bond acceptors (Lipinski definition) is 4. The van der Waals surface area contributed by atoms with Crippen LogP contribution in [0.3, 0.4) is 0 Å². The first kappa shape index (κ1) is 18.1. The summed E-state index contributed by atoms with van der Waals surface area (Å²) in [6.07, 6.45) is 0.929. The SMILES string of the molecule is CCc1ccc([C@H]2[C@@H](S(=O)(=O)c3ccc(C)cc3)[C@@]2(CN)CO)cc1. The first-order chi connectivity index (χ1) is 11.9. The molecule has 0 aliphatic heterocycles. The Bertz CT molecular complexity index is 838. The summed E-state index contributed by atoms with van der Waals surface area (Å²) in [4.78, 5) is 0.294. The Hall–Kier alpha value is -1.69. The van der Waals surface area contributed by atoms with E-state index >= 15 is 0 Å². The molecule has 3 atom stereocenters. The molecule has 2 aromatic carbocycles. The molecule has 1 aliphatic rings. The van der Waals surface area contributed by atoms with Crippen LogP contribution in [-0.4, -0.2) is 31.9 Å². The third kappa shape index (κ3) is 2.90. The molecule has 3 rings (SSSR count). The maximum absolute atomic E-state index is 13.2. The fraction of sp³-hybridized carbons (Fsp3) is 0.400. The Balaban J connectivity index is 2.02. The van der Waals surface area contributed by atoms with Gasteiger partial charge in [-0.2, -0.15) is 0 Å². The van der Waals surface area contributed by atoms with E-state index in [4.69, 9.17) is 5.73 Å². The zero-order chi connectivity index (χ0) is 18.2. The standard InChI is InChI=1S/C20H25NO3S/c1-3-15-6-8-16(9-7-15)18-19(20(18,12-21)13-22)25(23,24)17-10-4-14(2)5-11-17/h4-11,18-19,22H,3,12-13,21H2,1-2H3/t18-,19+,20-/m0/s1. The lowest BCUT2D eigenvalue weighted by Crippen LogP contribution is -2.27. The molecule has 1 fully saturated rings. The lowest BCUT2D eigenvalue weighted by atomic mass is 9.99. The second-order valence-electron chi connectivity index (χ2n) is 6.95. The molecule has 0 saturated heterocycles. The Morgan fingerprint density at radius 2 is 1.68 bits per heavy atom. The summed E-state index contributed by atoms with van der Waals surface area (Å²) >= 11 is 0. The second-order valence-corrected chi connectivity index (χ2v) is 9.02. The van der Waals surface area contributed by atoms with E-state index in [1.165, 1.54) is 5.56 Å². The molecule has 0 bridgehead atoms. The minimum atomic E-state index is -3.57. The number of aliphatic hydroxyl groups is 1. The summed E-state index contributed by atoms with van der Waals surface area (Å²) < 4.78 is 26.4. The molecule has 0 radical (unpaired) electrons. The Labute approximate surface area is 149 Å².